The van der Waals surface area contributed by atoms with Crippen molar-refractivity contribution in [2.45, 2.75) is 45.1 Å². The van der Waals surface area contributed by atoms with E-state index in [1.54, 1.807) is 12.1 Å². The van der Waals surface area contributed by atoms with Gasteiger partial charge in [-0.25, -0.2) is 0 Å². The van der Waals surface area contributed by atoms with Gasteiger partial charge in [-0.15, -0.1) is 0 Å². The van der Waals surface area contributed by atoms with Crippen molar-refractivity contribution in [1.82, 2.24) is 10.6 Å². The molecule has 1 fully saturated rings. The quantitative estimate of drug-likeness (QED) is 0.730. The number of carbonyl (C=O) groups is 2. The minimum Gasteiger partial charge on any atom is -0.356 e. The van der Waals surface area contributed by atoms with E-state index in [0.29, 0.717) is 24.5 Å². The fourth-order valence-electron chi connectivity index (χ4n) is 3.31. The van der Waals surface area contributed by atoms with Crippen LogP contribution in [0.4, 0.5) is 0 Å². The second-order valence-corrected chi connectivity index (χ2v) is 7.38. The van der Waals surface area contributed by atoms with Gasteiger partial charge in [0, 0.05) is 18.1 Å². The highest BCUT2D eigenvalue weighted by molar-refractivity contribution is 6.30. The number of hydrogen-bond acceptors (Lipinski definition) is 2. The Labute approximate surface area is 154 Å². The monoisotopic (exact) mass is 360 g/mol. The van der Waals surface area contributed by atoms with E-state index in [1.807, 2.05) is 12.1 Å². The summed E-state index contributed by atoms with van der Waals surface area (Å²) in [6.07, 6.45) is 8.77. The standard InChI is InChI=1S/C20H25ClN2O2/c21-16-8-6-15(7-9-16)13-23-20(25)18-12-17(18)19(24)22-11-10-14-4-2-1-3-5-14/h4,6-9,17-18H,1-3,5,10-13H2,(H,22,24)(H,23,25). The molecule has 1 saturated carbocycles. The summed E-state index contributed by atoms with van der Waals surface area (Å²) in [6, 6.07) is 7.38. The van der Waals surface area contributed by atoms with Crippen LogP contribution in [0.1, 0.15) is 44.1 Å². The predicted octanol–water partition coefficient (Wildman–Crippen LogP) is 3.60. The SMILES string of the molecule is O=C(NCCC1=CCCCC1)C1CC1C(=O)NCc1ccc(Cl)cc1. The number of amides is 2. The van der Waals surface area contributed by atoms with Gasteiger partial charge in [-0.05, 0) is 56.2 Å². The summed E-state index contributed by atoms with van der Waals surface area (Å²) in [5.74, 6) is -0.361. The molecule has 0 radical (unpaired) electrons. The maximum absolute atomic E-state index is 12.2. The van der Waals surface area contributed by atoms with E-state index in [2.05, 4.69) is 16.7 Å². The maximum Gasteiger partial charge on any atom is 0.224 e. The molecule has 2 aliphatic carbocycles. The Morgan fingerprint density at radius 1 is 1.04 bits per heavy atom. The molecular formula is C20H25ClN2O2. The first-order chi connectivity index (χ1) is 12.1. The number of nitrogens with one attached hydrogen (secondary N) is 2. The van der Waals surface area contributed by atoms with E-state index < -0.39 is 0 Å². The van der Waals surface area contributed by atoms with Gasteiger partial charge in [0.2, 0.25) is 11.8 Å². The van der Waals surface area contributed by atoms with Crippen molar-refractivity contribution in [3.8, 4) is 0 Å². The molecule has 0 aromatic heterocycles. The Balaban J connectivity index is 1.35. The number of hydrogen-bond donors (Lipinski definition) is 2. The number of carbonyl (C=O) groups excluding carboxylic acids is 2. The van der Waals surface area contributed by atoms with Crippen LogP contribution >= 0.6 is 11.6 Å². The molecule has 2 atom stereocenters. The number of rotatable bonds is 7. The molecule has 3 rings (SSSR count). The van der Waals surface area contributed by atoms with E-state index in [9.17, 15) is 9.59 Å². The summed E-state index contributed by atoms with van der Waals surface area (Å²) in [5.41, 5.74) is 2.46. The van der Waals surface area contributed by atoms with Gasteiger partial charge >= 0.3 is 0 Å². The van der Waals surface area contributed by atoms with Crippen molar-refractivity contribution in [2.24, 2.45) is 11.8 Å². The molecule has 2 amide bonds. The van der Waals surface area contributed by atoms with Crippen LogP contribution in [0.2, 0.25) is 5.02 Å². The van der Waals surface area contributed by atoms with Gasteiger partial charge in [0.25, 0.3) is 0 Å². The summed E-state index contributed by atoms with van der Waals surface area (Å²) in [5, 5.41) is 6.56. The lowest BCUT2D eigenvalue weighted by Gasteiger charge is -2.13. The smallest absolute Gasteiger partial charge is 0.224 e. The van der Waals surface area contributed by atoms with Crippen LogP contribution in [0.5, 0.6) is 0 Å². The Bertz CT molecular complexity index is 654. The Hall–Kier alpha value is -1.81. The molecule has 0 aliphatic heterocycles. The number of allylic oxidation sites excluding steroid dienone is 1. The van der Waals surface area contributed by atoms with Crippen molar-refractivity contribution in [3.05, 3.63) is 46.5 Å². The molecular weight excluding hydrogens is 336 g/mol. The summed E-state index contributed by atoms with van der Waals surface area (Å²) >= 11 is 5.84. The third-order valence-corrected chi connectivity index (χ3v) is 5.23. The van der Waals surface area contributed by atoms with Crippen LogP contribution < -0.4 is 10.6 Å². The van der Waals surface area contributed by atoms with E-state index in [4.69, 9.17) is 11.6 Å². The van der Waals surface area contributed by atoms with Crippen LogP contribution in [0.3, 0.4) is 0 Å². The molecule has 0 spiro atoms. The highest BCUT2D eigenvalue weighted by Gasteiger charge is 2.47. The lowest BCUT2D eigenvalue weighted by atomic mass is 9.97. The summed E-state index contributed by atoms with van der Waals surface area (Å²) in [7, 11) is 0. The van der Waals surface area contributed by atoms with Gasteiger partial charge in [0.1, 0.15) is 0 Å². The normalized spacial score (nSPS) is 22.0. The third-order valence-electron chi connectivity index (χ3n) is 4.97. The molecule has 1 aromatic rings. The topological polar surface area (TPSA) is 58.2 Å². The van der Waals surface area contributed by atoms with Gasteiger partial charge in [-0.3, -0.25) is 9.59 Å². The Morgan fingerprint density at radius 2 is 1.76 bits per heavy atom. The molecule has 4 nitrogen and oxygen atoms in total. The number of benzene rings is 1. The average Bonchev–Trinajstić information content (AvgIpc) is 3.43. The predicted molar refractivity (Wildman–Crippen MR) is 99.1 cm³/mol. The van der Waals surface area contributed by atoms with Gasteiger partial charge in [-0.1, -0.05) is 35.4 Å². The highest BCUT2D eigenvalue weighted by atomic mass is 35.5. The van der Waals surface area contributed by atoms with E-state index >= 15 is 0 Å². The van der Waals surface area contributed by atoms with Gasteiger partial charge in [0.05, 0.1) is 11.8 Å². The summed E-state index contributed by atoms with van der Waals surface area (Å²) in [4.78, 5) is 24.3. The fraction of sp³-hybridized carbons (Fsp3) is 0.500. The Morgan fingerprint density at radius 3 is 2.44 bits per heavy atom. The minimum atomic E-state index is -0.179. The van der Waals surface area contributed by atoms with E-state index in [0.717, 1.165) is 18.4 Å². The summed E-state index contributed by atoms with van der Waals surface area (Å²) < 4.78 is 0. The van der Waals surface area contributed by atoms with Crippen LogP contribution in [-0.4, -0.2) is 18.4 Å². The van der Waals surface area contributed by atoms with Crippen LogP contribution in [0.25, 0.3) is 0 Å². The molecule has 2 aliphatic rings. The van der Waals surface area contributed by atoms with Crippen molar-refractivity contribution >= 4 is 23.4 Å². The van der Waals surface area contributed by atoms with E-state index in [1.165, 1.54) is 24.8 Å². The third kappa shape index (κ3) is 5.33. The van der Waals surface area contributed by atoms with Crippen LogP contribution in [-0.2, 0) is 16.1 Å². The van der Waals surface area contributed by atoms with Gasteiger partial charge in [0.15, 0.2) is 0 Å². The number of halogens is 1. The zero-order valence-corrected chi connectivity index (χ0v) is 15.1. The molecule has 2 unspecified atom stereocenters. The van der Waals surface area contributed by atoms with Crippen molar-refractivity contribution < 1.29 is 9.59 Å². The maximum atomic E-state index is 12.2. The Kier molecular flexibility index (Phi) is 6.14. The lowest BCUT2D eigenvalue weighted by molar-refractivity contribution is -0.127. The molecule has 5 heteroatoms. The van der Waals surface area contributed by atoms with E-state index in [-0.39, 0.29) is 23.7 Å². The van der Waals surface area contributed by atoms with Crippen molar-refractivity contribution in [1.29, 1.82) is 0 Å². The van der Waals surface area contributed by atoms with Gasteiger partial charge in [-0.2, -0.15) is 0 Å². The minimum absolute atomic E-state index is 0.0167. The molecule has 134 valence electrons. The first-order valence-corrected chi connectivity index (χ1v) is 9.49. The molecule has 0 bridgehead atoms. The van der Waals surface area contributed by atoms with Crippen LogP contribution in [0.15, 0.2) is 35.9 Å². The van der Waals surface area contributed by atoms with Gasteiger partial charge < -0.3 is 10.6 Å². The fourth-order valence-corrected chi connectivity index (χ4v) is 3.43. The highest BCUT2D eigenvalue weighted by Crippen LogP contribution is 2.38. The van der Waals surface area contributed by atoms with Crippen molar-refractivity contribution in [2.75, 3.05) is 6.54 Å². The molecule has 0 saturated heterocycles. The van der Waals surface area contributed by atoms with Crippen LogP contribution in [0, 0.1) is 11.8 Å². The molecule has 0 heterocycles. The molecule has 1 aromatic carbocycles. The largest absolute Gasteiger partial charge is 0.356 e. The zero-order valence-electron chi connectivity index (χ0n) is 14.4. The second-order valence-electron chi connectivity index (χ2n) is 6.94. The average molecular weight is 361 g/mol. The molecule has 2 N–H and O–H groups in total. The zero-order chi connectivity index (χ0) is 17.6. The second kappa shape index (κ2) is 8.52. The first-order valence-electron chi connectivity index (χ1n) is 9.11. The first kappa shape index (κ1) is 18.0. The summed E-state index contributed by atoms with van der Waals surface area (Å²) in [6.45, 7) is 1.15. The lowest BCUT2D eigenvalue weighted by Crippen LogP contribution is -2.30. The molecule has 25 heavy (non-hydrogen) atoms. The van der Waals surface area contributed by atoms with Crippen molar-refractivity contribution in [3.63, 3.8) is 0 Å².